The second-order valence-corrected chi connectivity index (χ2v) is 5.79. The lowest BCUT2D eigenvalue weighted by molar-refractivity contribution is 0.128. The van der Waals surface area contributed by atoms with Crippen molar-refractivity contribution < 1.29 is 9.53 Å². The van der Waals surface area contributed by atoms with Gasteiger partial charge in [0.15, 0.2) is 0 Å². The zero-order chi connectivity index (χ0) is 16.2. The molecule has 1 aromatic heterocycles. The average molecular weight is 336 g/mol. The molecule has 1 aliphatic heterocycles. The van der Waals surface area contributed by atoms with Crippen LogP contribution in [-0.2, 0) is 4.74 Å². The van der Waals surface area contributed by atoms with Crippen LogP contribution >= 0.6 is 11.6 Å². The summed E-state index contributed by atoms with van der Waals surface area (Å²) >= 11 is 6.27. The first-order valence-electron chi connectivity index (χ1n) is 7.40. The van der Waals surface area contributed by atoms with Gasteiger partial charge in [-0.25, -0.2) is 14.5 Å². The number of likely N-dealkylation sites (tertiary alicyclic amines) is 1. The lowest BCUT2D eigenvalue weighted by Crippen LogP contribution is -2.40. The monoisotopic (exact) mass is 335 g/mol. The Morgan fingerprint density at radius 2 is 2.39 bits per heavy atom. The van der Waals surface area contributed by atoms with Gasteiger partial charge in [-0.2, -0.15) is 5.10 Å². The van der Waals surface area contributed by atoms with Gasteiger partial charge in [-0.15, -0.1) is 0 Å². The van der Waals surface area contributed by atoms with Crippen LogP contribution in [0, 0.1) is 0 Å². The zero-order valence-electron chi connectivity index (χ0n) is 12.8. The van der Waals surface area contributed by atoms with Crippen LogP contribution in [0.15, 0.2) is 30.9 Å². The standard InChI is InChI=1S/C15H18ClN5O2/c1-23-8-12-3-2-6-20(12)15(22)19-11-4-5-14(13(16)7-11)21-10-17-9-18-21/h4-5,7,9-10,12H,2-3,6,8H2,1H3,(H,19,22)/t12-/m0/s1. The minimum absolute atomic E-state index is 0.130. The summed E-state index contributed by atoms with van der Waals surface area (Å²) < 4.78 is 6.75. The van der Waals surface area contributed by atoms with Crippen molar-refractivity contribution in [1.29, 1.82) is 0 Å². The summed E-state index contributed by atoms with van der Waals surface area (Å²) in [7, 11) is 1.65. The van der Waals surface area contributed by atoms with Gasteiger partial charge in [0, 0.05) is 19.3 Å². The number of rotatable bonds is 4. The fraction of sp³-hybridized carbons (Fsp3) is 0.400. The molecule has 0 unspecified atom stereocenters. The van der Waals surface area contributed by atoms with E-state index in [1.54, 1.807) is 36.3 Å². The number of benzene rings is 1. The largest absolute Gasteiger partial charge is 0.383 e. The van der Waals surface area contributed by atoms with Crippen molar-refractivity contribution in [1.82, 2.24) is 19.7 Å². The van der Waals surface area contributed by atoms with Gasteiger partial charge in [0.05, 0.1) is 23.4 Å². The summed E-state index contributed by atoms with van der Waals surface area (Å²) in [6.07, 6.45) is 4.97. The number of urea groups is 1. The van der Waals surface area contributed by atoms with Crippen LogP contribution in [0.4, 0.5) is 10.5 Å². The molecule has 1 fully saturated rings. The third-order valence-electron chi connectivity index (χ3n) is 3.86. The molecule has 1 aliphatic rings. The highest BCUT2D eigenvalue weighted by Crippen LogP contribution is 2.25. The molecule has 1 N–H and O–H groups in total. The minimum Gasteiger partial charge on any atom is -0.383 e. The van der Waals surface area contributed by atoms with Crippen LogP contribution in [0.5, 0.6) is 0 Å². The molecule has 0 aliphatic carbocycles. The number of nitrogens with one attached hydrogen (secondary N) is 1. The van der Waals surface area contributed by atoms with E-state index in [1.165, 1.54) is 6.33 Å². The van der Waals surface area contributed by atoms with Crippen molar-refractivity contribution in [3.05, 3.63) is 35.9 Å². The third kappa shape index (κ3) is 3.46. The van der Waals surface area contributed by atoms with E-state index in [2.05, 4.69) is 15.4 Å². The molecule has 1 saturated heterocycles. The molecule has 0 radical (unpaired) electrons. The molecule has 2 aromatic rings. The highest BCUT2D eigenvalue weighted by atomic mass is 35.5. The second kappa shape index (κ2) is 6.97. The number of carbonyl (C=O) groups is 1. The van der Waals surface area contributed by atoms with Gasteiger partial charge in [-0.05, 0) is 31.0 Å². The zero-order valence-corrected chi connectivity index (χ0v) is 13.5. The highest BCUT2D eigenvalue weighted by Gasteiger charge is 2.28. The summed E-state index contributed by atoms with van der Waals surface area (Å²) in [5, 5.41) is 7.42. The summed E-state index contributed by atoms with van der Waals surface area (Å²) in [5.74, 6) is 0. The predicted molar refractivity (Wildman–Crippen MR) is 87.0 cm³/mol. The normalized spacial score (nSPS) is 17.5. The van der Waals surface area contributed by atoms with E-state index in [1.807, 2.05) is 4.90 Å². The van der Waals surface area contributed by atoms with Crippen molar-refractivity contribution in [2.75, 3.05) is 25.6 Å². The SMILES string of the molecule is COC[C@@H]1CCCN1C(=O)Nc1ccc(-n2cncn2)c(Cl)c1. The molecule has 1 aromatic carbocycles. The molecule has 23 heavy (non-hydrogen) atoms. The van der Waals surface area contributed by atoms with Gasteiger partial charge in [0.2, 0.25) is 0 Å². The van der Waals surface area contributed by atoms with Gasteiger partial charge in [-0.3, -0.25) is 0 Å². The van der Waals surface area contributed by atoms with Crippen molar-refractivity contribution in [2.24, 2.45) is 0 Å². The quantitative estimate of drug-likeness (QED) is 0.932. The fourth-order valence-corrected chi connectivity index (χ4v) is 3.03. The van der Waals surface area contributed by atoms with E-state index >= 15 is 0 Å². The number of hydrogen-bond donors (Lipinski definition) is 1. The van der Waals surface area contributed by atoms with E-state index in [-0.39, 0.29) is 12.1 Å². The lowest BCUT2D eigenvalue weighted by atomic mass is 10.2. The number of anilines is 1. The molecule has 7 nitrogen and oxygen atoms in total. The third-order valence-corrected chi connectivity index (χ3v) is 4.16. The molecular formula is C15H18ClN5O2. The highest BCUT2D eigenvalue weighted by molar-refractivity contribution is 6.32. The van der Waals surface area contributed by atoms with E-state index in [0.29, 0.717) is 23.0 Å². The number of ether oxygens (including phenoxy) is 1. The Hall–Kier alpha value is -2.12. The topological polar surface area (TPSA) is 72.3 Å². The molecule has 0 saturated carbocycles. The van der Waals surface area contributed by atoms with E-state index in [0.717, 1.165) is 19.4 Å². The molecule has 122 valence electrons. The Kier molecular flexibility index (Phi) is 4.78. The number of carbonyl (C=O) groups excluding carboxylic acids is 1. The maximum absolute atomic E-state index is 12.4. The first-order valence-corrected chi connectivity index (χ1v) is 7.78. The molecular weight excluding hydrogens is 318 g/mol. The van der Waals surface area contributed by atoms with Crippen molar-refractivity contribution in [2.45, 2.75) is 18.9 Å². The van der Waals surface area contributed by atoms with E-state index in [9.17, 15) is 4.79 Å². The summed E-state index contributed by atoms with van der Waals surface area (Å²) in [6, 6.07) is 5.29. The van der Waals surface area contributed by atoms with Crippen LogP contribution < -0.4 is 5.32 Å². The van der Waals surface area contributed by atoms with Gasteiger partial charge < -0.3 is 15.0 Å². The number of methoxy groups -OCH3 is 1. The second-order valence-electron chi connectivity index (χ2n) is 5.38. The molecule has 2 heterocycles. The van der Waals surface area contributed by atoms with E-state index in [4.69, 9.17) is 16.3 Å². The number of nitrogens with zero attached hydrogens (tertiary/aromatic N) is 4. The van der Waals surface area contributed by atoms with Crippen LogP contribution in [0.2, 0.25) is 5.02 Å². The summed E-state index contributed by atoms with van der Waals surface area (Å²) in [5.41, 5.74) is 1.35. The summed E-state index contributed by atoms with van der Waals surface area (Å²) in [4.78, 5) is 18.1. The first-order chi connectivity index (χ1) is 11.2. The molecule has 8 heteroatoms. The Labute approximate surface area is 139 Å². The molecule has 2 amide bonds. The summed E-state index contributed by atoms with van der Waals surface area (Å²) in [6.45, 7) is 1.30. The van der Waals surface area contributed by atoms with Crippen LogP contribution in [0.3, 0.4) is 0 Å². The van der Waals surface area contributed by atoms with Gasteiger partial charge in [0.25, 0.3) is 0 Å². The predicted octanol–water partition coefficient (Wildman–Crippen LogP) is 2.56. The fourth-order valence-electron chi connectivity index (χ4n) is 2.77. The van der Waals surface area contributed by atoms with Gasteiger partial charge >= 0.3 is 6.03 Å². The lowest BCUT2D eigenvalue weighted by Gasteiger charge is -2.24. The number of aromatic nitrogens is 3. The van der Waals surface area contributed by atoms with E-state index < -0.39 is 0 Å². The average Bonchev–Trinajstić information content (AvgIpc) is 3.19. The molecule has 0 bridgehead atoms. The number of halogens is 1. The Morgan fingerprint density at radius 3 is 3.09 bits per heavy atom. The van der Waals surface area contributed by atoms with Crippen LogP contribution in [0.25, 0.3) is 5.69 Å². The molecule has 1 atom stereocenters. The van der Waals surface area contributed by atoms with Crippen LogP contribution in [-0.4, -0.2) is 52.0 Å². The van der Waals surface area contributed by atoms with Crippen molar-refractivity contribution in [3.63, 3.8) is 0 Å². The Bertz CT molecular complexity index is 677. The van der Waals surface area contributed by atoms with Crippen LogP contribution in [0.1, 0.15) is 12.8 Å². The number of amides is 2. The molecule has 3 rings (SSSR count). The van der Waals surface area contributed by atoms with Gasteiger partial charge in [-0.1, -0.05) is 11.6 Å². The van der Waals surface area contributed by atoms with Crippen molar-refractivity contribution in [3.8, 4) is 5.69 Å². The Balaban J connectivity index is 1.70. The maximum Gasteiger partial charge on any atom is 0.322 e. The Morgan fingerprint density at radius 1 is 1.52 bits per heavy atom. The smallest absolute Gasteiger partial charge is 0.322 e. The maximum atomic E-state index is 12.4. The molecule has 0 spiro atoms. The number of hydrogen-bond acceptors (Lipinski definition) is 4. The first kappa shape index (κ1) is 15.8. The van der Waals surface area contributed by atoms with Crippen molar-refractivity contribution >= 4 is 23.3 Å². The van der Waals surface area contributed by atoms with Gasteiger partial charge in [0.1, 0.15) is 12.7 Å². The minimum atomic E-state index is -0.130.